The lowest BCUT2D eigenvalue weighted by Crippen LogP contribution is -2.63. The zero-order chi connectivity index (χ0) is 65.5. The van der Waals surface area contributed by atoms with Crippen LogP contribution in [0, 0.1) is 29.6 Å². The summed E-state index contributed by atoms with van der Waals surface area (Å²) in [7, 11) is 6.75. The van der Waals surface area contributed by atoms with E-state index in [1.54, 1.807) is 86.6 Å². The van der Waals surface area contributed by atoms with Gasteiger partial charge in [0.2, 0.25) is 47.3 Å². The smallest absolute Gasteiger partial charge is 0.329 e. The van der Waals surface area contributed by atoms with Gasteiger partial charge in [-0.25, -0.2) is 4.79 Å². The highest BCUT2D eigenvalue weighted by Crippen LogP contribution is 2.27. The largest absolute Gasteiger partial charge is 0.489 e. The number of fused-ring (bicyclic) bond motifs is 1. The van der Waals surface area contributed by atoms with Crippen molar-refractivity contribution in [1.29, 1.82) is 0 Å². The minimum Gasteiger partial charge on any atom is -0.489 e. The topological polar surface area (TPSA) is 282 Å². The molecule has 11 atom stereocenters. The number of amides is 9. The minimum absolute atomic E-state index is 0.0970. The summed E-state index contributed by atoms with van der Waals surface area (Å²) < 4.78 is 12.8. The molecule has 2 aromatic carbocycles. The van der Waals surface area contributed by atoms with E-state index in [0.717, 1.165) is 24.7 Å². The maximum absolute atomic E-state index is 15.0. The predicted octanol–water partition coefficient (Wildman–Crippen LogP) is 4.65. The SMILES string of the molecule is CC[C@@H](C)[C@H]1C(=O)NCC(=O)N(C)[C@@H](C(C)C)C(=O)N[C@@H](Cc2ccc(OCc3ccc(Br)cc3)cc2)C(=O)O[C@H](C)C(=O)N2CCCC[C@H]2C(=O)N(C)[C@@H](C(C)C)C(=O)N[C@@H](C(C)C)C(=O)N(C)[C@@H](CC(=O)O)C(=O)N(C)[C@@H]([C@@H](C)CC)C(=O)N1C. The number of carboxylic acids is 1. The molecule has 4 N–H and O–H groups in total. The van der Waals surface area contributed by atoms with Gasteiger partial charge in [-0.1, -0.05) is 122 Å². The number of nitrogens with one attached hydrogen (secondary N) is 3. The number of esters is 1. The van der Waals surface area contributed by atoms with Gasteiger partial charge in [0.1, 0.15) is 60.7 Å². The molecule has 0 saturated carbocycles. The van der Waals surface area contributed by atoms with Gasteiger partial charge >= 0.3 is 11.9 Å². The molecule has 23 nitrogen and oxygen atoms in total. The number of cyclic esters (lactones) is 1. The molecule has 87 heavy (non-hydrogen) atoms. The molecule has 2 aromatic rings. The fraction of sp³-hybridized carbons (Fsp3) is 0.635. The fourth-order valence-electron chi connectivity index (χ4n) is 11.4. The number of carboxylic acid groups (broad SMARTS) is 1. The third kappa shape index (κ3) is 18.7. The molecule has 0 radical (unpaired) electrons. The number of nitrogens with zero attached hydrogens (tertiary/aromatic N) is 6. The van der Waals surface area contributed by atoms with Gasteiger partial charge in [0.25, 0.3) is 5.91 Å². The third-order valence-electron chi connectivity index (χ3n) is 16.9. The van der Waals surface area contributed by atoms with Crippen molar-refractivity contribution in [2.45, 2.75) is 182 Å². The number of likely N-dealkylation sites (N-methyl/N-ethyl adjacent to an activating group) is 5. The highest BCUT2D eigenvalue weighted by molar-refractivity contribution is 9.10. The van der Waals surface area contributed by atoms with Gasteiger partial charge in [-0.2, -0.15) is 0 Å². The van der Waals surface area contributed by atoms with Crippen molar-refractivity contribution in [2.24, 2.45) is 29.6 Å². The molecule has 0 bridgehead atoms. The Morgan fingerprint density at radius 2 is 1.15 bits per heavy atom. The van der Waals surface area contributed by atoms with E-state index < -0.39 is 162 Å². The van der Waals surface area contributed by atoms with E-state index in [-0.39, 0.29) is 26.0 Å². The van der Waals surface area contributed by atoms with Crippen LogP contribution in [0.1, 0.15) is 126 Å². The Labute approximate surface area is 521 Å². The van der Waals surface area contributed by atoms with Crippen LogP contribution in [0.2, 0.25) is 0 Å². The molecule has 0 aromatic heterocycles. The number of ether oxygens (including phenoxy) is 2. The molecule has 2 fully saturated rings. The van der Waals surface area contributed by atoms with Gasteiger partial charge in [-0.05, 0) is 91.2 Å². The van der Waals surface area contributed by atoms with Crippen LogP contribution in [0.3, 0.4) is 0 Å². The van der Waals surface area contributed by atoms with E-state index in [0.29, 0.717) is 37.0 Å². The van der Waals surface area contributed by atoms with E-state index in [1.165, 1.54) is 56.9 Å². The summed E-state index contributed by atoms with van der Waals surface area (Å²) in [6.45, 7) is 18.2. The molecule has 0 spiro atoms. The number of aliphatic carboxylic acids is 1. The maximum atomic E-state index is 15.0. The Morgan fingerprint density at radius 3 is 1.70 bits per heavy atom. The maximum Gasteiger partial charge on any atom is 0.329 e. The van der Waals surface area contributed by atoms with Gasteiger partial charge in [0, 0.05) is 52.7 Å². The molecule has 2 aliphatic rings. The summed E-state index contributed by atoms with van der Waals surface area (Å²) in [5, 5.41) is 18.5. The highest BCUT2D eigenvalue weighted by Gasteiger charge is 2.46. The number of rotatable bonds is 14. The molecule has 2 heterocycles. The van der Waals surface area contributed by atoms with Crippen LogP contribution >= 0.6 is 15.9 Å². The van der Waals surface area contributed by atoms with Crippen molar-refractivity contribution >= 4 is 81.0 Å². The third-order valence-corrected chi connectivity index (χ3v) is 17.4. The second-order valence-corrected chi connectivity index (χ2v) is 25.3. The van der Waals surface area contributed by atoms with Crippen molar-refractivity contribution in [2.75, 3.05) is 48.3 Å². The molecule has 2 saturated heterocycles. The van der Waals surface area contributed by atoms with Crippen LogP contribution in [0.25, 0.3) is 0 Å². The molecule has 0 aliphatic carbocycles. The average molecular weight is 1280 g/mol. The van der Waals surface area contributed by atoms with Crippen LogP contribution in [0.4, 0.5) is 0 Å². The lowest BCUT2D eigenvalue weighted by atomic mass is 9.92. The molecule has 2 aliphatic heterocycles. The standard InChI is InChI=1S/C63H94BrN9O14/c1-17-38(9)53-55(77)65-33-48(74)69(13)51(36(5)6)56(78)66-45(31-41-24-28-44(29-25-41)86-34-42-22-26-43(64)27-23-42)63(85)87-40(11)58(80)73-30-20-19-21-46(73)59(81)70(14)52(37(7)8)57(79)67-50(35(3)4)61(83)68(12)47(32-49(75)76)60(82)72(16)54(39(10)18-2)62(84)71(53)15/h22-29,35-40,45-47,50-54H,17-21,30-34H2,1-16H3,(H,65,77)(H,66,78)(H,67,79)(H,75,76)/t38-,39+,40-,45+,46+,47+,50+,51+,52+,53+,54+/m1/s1. The molecule has 4 rings (SSSR count). The molecule has 0 unspecified atom stereocenters. The number of carbonyl (C=O) groups is 11. The Morgan fingerprint density at radius 1 is 0.621 bits per heavy atom. The van der Waals surface area contributed by atoms with Gasteiger partial charge in [-0.15, -0.1) is 0 Å². The number of hydrogen-bond acceptors (Lipinski definition) is 13. The highest BCUT2D eigenvalue weighted by atomic mass is 79.9. The molecule has 9 amide bonds. The van der Waals surface area contributed by atoms with E-state index in [9.17, 15) is 57.8 Å². The van der Waals surface area contributed by atoms with Crippen molar-refractivity contribution in [3.05, 3.63) is 64.1 Å². The number of hydrogen-bond donors (Lipinski definition) is 4. The monoisotopic (exact) mass is 1280 g/mol. The number of halogens is 1. The van der Waals surface area contributed by atoms with Gasteiger partial charge < -0.3 is 59.9 Å². The summed E-state index contributed by atoms with van der Waals surface area (Å²) in [5.74, 6) is -11.5. The predicted molar refractivity (Wildman–Crippen MR) is 329 cm³/mol. The second-order valence-electron chi connectivity index (χ2n) is 24.3. The number of carbonyl (C=O) groups excluding carboxylic acids is 10. The minimum atomic E-state index is -1.70. The second kappa shape index (κ2) is 32.7. The van der Waals surface area contributed by atoms with Crippen LogP contribution in [0.15, 0.2) is 53.0 Å². The van der Waals surface area contributed by atoms with E-state index in [4.69, 9.17) is 9.47 Å². The molecule has 482 valence electrons. The van der Waals surface area contributed by atoms with Crippen molar-refractivity contribution in [3.63, 3.8) is 0 Å². The summed E-state index contributed by atoms with van der Waals surface area (Å²) in [4.78, 5) is 166. The van der Waals surface area contributed by atoms with Gasteiger partial charge in [0.05, 0.1) is 13.0 Å². The normalized spacial score (nSPS) is 25.5. The first-order valence-electron chi connectivity index (χ1n) is 30.2. The summed E-state index contributed by atoms with van der Waals surface area (Å²) in [6, 6.07) is 3.89. The van der Waals surface area contributed by atoms with E-state index in [2.05, 4.69) is 31.9 Å². The molecular formula is C63H94BrN9O14. The number of benzene rings is 2. The Kier molecular flexibility index (Phi) is 27.2. The fourth-order valence-corrected chi connectivity index (χ4v) is 11.6. The molecule has 24 heteroatoms. The molecular weight excluding hydrogens is 1190 g/mol. The Balaban J connectivity index is 1.85. The van der Waals surface area contributed by atoms with Crippen LogP contribution in [-0.4, -0.2) is 202 Å². The van der Waals surface area contributed by atoms with E-state index >= 15 is 0 Å². The van der Waals surface area contributed by atoms with Gasteiger partial charge in [0.15, 0.2) is 6.10 Å². The summed E-state index contributed by atoms with van der Waals surface area (Å²) >= 11 is 3.43. The average Bonchev–Trinajstić information content (AvgIpc) is 1.96. The first-order valence-corrected chi connectivity index (χ1v) is 31.0. The first-order chi connectivity index (χ1) is 40.8. The van der Waals surface area contributed by atoms with Crippen LogP contribution < -0.4 is 20.7 Å². The first kappa shape index (κ1) is 72.4. The van der Waals surface area contributed by atoms with Crippen LogP contribution in [-0.2, 0) is 70.5 Å². The zero-order valence-electron chi connectivity index (χ0n) is 53.6. The zero-order valence-corrected chi connectivity index (χ0v) is 55.2. The Hall–Kier alpha value is -7.11. The summed E-state index contributed by atoms with van der Waals surface area (Å²) in [6.07, 6.45) is -0.572. The van der Waals surface area contributed by atoms with E-state index in [1.807, 2.05) is 31.2 Å². The van der Waals surface area contributed by atoms with Crippen molar-refractivity contribution < 1.29 is 67.3 Å². The van der Waals surface area contributed by atoms with Crippen LogP contribution in [0.5, 0.6) is 5.75 Å². The summed E-state index contributed by atoms with van der Waals surface area (Å²) in [5.41, 5.74) is 1.49. The van der Waals surface area contributed by atoms with Crippen molar-refractivity contribution in [3.8, 4) is 5.75 Å². The lowest BCUT2D eigenvalue weighted by molar-refractivity contribution is -0.165. The quantitative estimate of drug-likeness (QED) is 0.188. The van der Waals surface area contributed by atoms with Crippen molar-refractivity contribution in [1.82, 2.24) is 45.3 Å². The van der Waals surface area contributed by atoms with Gasteiger partial charge in [-0.3, -0.25) is 47.9 Å². The Bertz CT molecular complexity index is 2760. The lowest BCUT2D eigenvalue weighted by Gasteiger charge is -2.41. The number of piperidine rings is 1.